The van der Waals surface area contributed by atoms with Crippen LogP contribution in [0.3, 0.4) is 0 Å². The van der Waals surface area contributed by atoms with Crippen LogP contribution >= 0.6 is 11.3 Å². The molecule has 1 aliphatic rings. The largest absolute Gasteiger partial charge is 0.334 e. The van der Waals surface area contributed by atoms with Gasteiger partial charge in [-0.05, 0) is 13.8 Å². The van der Waals surface area contributed by atoms with Gasteiger partial charge in [-0.25, -0.2) is 9.97 Å². The van der Waals surface area contributed by atoms with Crippen LogP contribution in [0.15, 0.2) is 23.3 Å². The van der Waals surface area contributed by atoms with Gasteiger partial charge in [0.25, 0.3) is 0 Å². The monoisotopic (exact) mass is 305 g/mol. The topological polar surface area (TPSA) is 37.2 Å². The van der Waals surface area contributed by atoms with Crippen molar-refractivity contribution in [3.05, 3.63) is 34.8 Å². The van der Waals surface area contributed by atoms with Crippen molar-refractivity contribution in [3.8, 4) is 0 Å². The first-order valence-corrected chi connectivity index (χ1v) is 8.54. The molecular formula is C15H23N5S. The average Bonchev–Trinajstić information content (AvgIpc) is 3.13. The molecular weight excluding hydrogens is 282 g/mol. The molecule has 1 aliphatic heterocycles. The van der Waals surface area contributed by atoms with E-state index >= 15 is 0 Å². The van der Waals surface area contributed by atoms with Gasteiger partial charge >= 0.3 is 0 Å². The summed E-state index contributed by atoms with van der Waals surface area (Å²) in [6.45, 7) is 10.7. The van der Waals surface area contributed by atoms with Crippen molar-refractivity contribution in [2.75, 3.05) is 19.6 Å². The summed E-state index contributed by atoms with van der Waals surface area (Å²) in [6.07, 6.45) is 3.97. The number of piperazine rings is 1. The Hall–Kier alpha value is -1.24. The third kappa shape index (κ3) is 3.51. The van der Waals surface area contributed by atoms with E-state index < -0.39 is 0 Å². The van der Waals surface area contributed by atoms with Crippen molar-refractivity contribution >= 4 is 11.3 Å². The van der Waals surface area contributed by atoms with Gasteiger partial charge in [0.05, 0.1) is 17.7 Å². The number of nitrogens with zero attached hydrogens (tertiary/aromatic N) is 5. The Bertz CT molecular complexity index is 550. The molecule has 6 heteroatoms. The summed E-state index contributed by atoms with van der Waals surface area (Å²) in [5.41, 5.74) is 3.11. The zero-order valence-corrected chi connectivity index (χ0v) is 13.6. The maximum absolute atomic E-state index is 4.49. The van der Waals surface area contributed by atoms with Crippen LogP contribution in [0.5, 0.6) is 0 Å². The molecule has 5 nitrogen and oxygen atoms in total. The van der Waals surface area contributed by atoms with Crippen LogP contribution in [0.1, 0.15) is 25.4 Å². The quantitative estimate of drug-likeness (QED) is 0.847. The number of imidazole rings is 1. The fraction of sp³-hybridized carbons (Fsp3) is 0.600. The summed E-state index contributed by atoms with van der Waals surface area (Å²) in [7, 11) is 0. The smallest absolute Gasteiger partial charge is 0.122 e. The van der Waals surface area contributed by atoms with E-state index in [1.807, 2.05) is 11.7 Å². The second kappa shape index (κ2) is 6.68. The van der Waals surface area contributed by atoms with E-state index in [-0.39, 0.29) is 0 Å². The van der Waals surface area contributed by atoms with Crippen LogP contribution in [0.2, 0.25) is 0 Å². The molecule has 3 rings (SSSR count). The van der Waals surface area contributed by atoms with Crippen molar-refractivity contribution in [2.24, 2.45) is 0 Å². The first-order valence-electron chi connectivity index (χ1n) is 7.59. The molecule has 2 aromatic rings. The van der Waals surface area contributed by atoms with E-state index in [2.05, 4.69) is 49.8 Å². The highest BCUT2D eigenvalue weighted by Crippen LogP contribution is 2.15. The lowest BCUT2D eigenvalue weighted by Gasteiger charge is -2.39. The summed E-state index contributed by atoms with van der Waals surface area (Å²) >= 11 is 1.68. The SMILES string of the molecule is CCn1ccnc1CN1CCN(Cc2cscn2)CC1C. The van der Waals surface area contributed by atoms with Crippen LogP contribution in [0, 0.1) is 0 Å². The maximum Gasteiger partial charge on any atom is 0.122 e. The molecule has 0 N–H and O–H groups in total. The standard InChI is InChI=1S/C15H23N5S/c1-3-19-5-4-16-15(19)10-20-7-6-18(8-13(20)2)9-14-11-21-12-17-14/h4-5,11-13H,3,6-10H2,1-2H3. The Kier molecular flexibility index (Phi) is 4.67. The van der Waals surface area contributed by atoms with E-state index in [0.717, 1.165) is 39.3 Å². The Morgan fingerprint density at radius 3 is 2.90 bits per heavy atom. The van der Waals surface area contributed by atoms with Crippen molar-refractivity contribution in [1.29, 1.82) is 0 Å². The molecule has 0 aliphatic carbocycles. The lowest BCUT2D eigenvalue weighted by atomic mass is 10.2. The van der Waals surface area contributed by atoms with Crippen LogP contribution in [0.25, 0.3) is 0 Å². The molecule has 0 radical (unpaired) electrons. The van der Waals surface area contributed by atoms with Crippen LogP contribution in [0.4, 0.5) is 0 Å². The summed E-state index contributed by atoms with van der Waals surface area (Å²) in [4.78, 5) is 13.9. The van der Waals surface area contributed by atoms with Crippen molar-refractivity contribution in [3.63, 3.8) is 0 Å². The zero-order valence-electron chi connectivity index (χ0n) is 12.8. The molecule has 3 heterocycles. The molecule has 21 heavy (non-hydrogen) atoms. The highest BCUT2D eigenvalue weighted by atomic mass is 32.1. The maximum atomic E-state index is 4.49. The summed E-state index contributed by atoms with van der Waals surface area (Å²) in [5, 5.41) is 2.15. The van der Waals surface area contributed by atoms with Crippen molar-refractivity contribution in [1.82, 2.24) is 24.3 Å². The minimum Gasteiger partial charge on any atom is -0.334 e. The number of aryl methyl sites for hydroxylation is 1. The normalized spacial score (nSPS) is 21.0. The Morgan fingerprint density at radius 1 is 1.29 bits per heavy atom. The number of aromatic nitrogens is 3. The lowest BCUT2D eigenvalue weighted by Crippen LogP contribution is -2.51. The summed E-state index contributed by atoms with van der Waals surface area (Å²) in [6, 6.07) is 0.555. The fourth-order valence-corrected chi connectivity index (χ4v) is 3.50. The molecule has 0 amide bonds. The van der Waals surface area contributed by atoms with Gasteiger partial charge in [0.2, 0.25) is 0 Å². The number of hydrogen-bond donors (Lipinski definition) is 0. The van der Waals surface area contributed by atoms with Crippen molar-refractivity contribution in [2.45, 2.75) is 39.5 Å². The van der Waals surface area contributed by atoms with Crippen LogP contribution in [-0.4, -0.2) is 50.0 Å². The highest BCUT2D eigenvalue weighted by Gasteiger charge is 2.24. The third-order valence-electron chi connectivity index (χ3n) is 4.21. The minimum absolute atomic E-state index is 0.555. The molecule has 114 valence electrons. The van der Waals surface area contributed by atoms with E-state index in [1.54, 1.807) is 11.3 Å². The molecule has 0 spiro atoms. The fourth-order valence-electron chi connectivity index (χ4n) is 2.96. The molecule has 0 aromatic carbocycles. The van der Waals surface area contributed by atoms with Gasteiger partial charge in [-0.15, -0.1) is 11.3 Å². The predicted octanol–water partition coefficient (Wildman–Crippen LogP) is 2.07. The average molecular weight is 305 g/mol. The van der Waals surface area contributed by atoms with Gasteiger partial charge in [-0.1, -0.05) is 0 Å². The Labute approximate surface area is 130 Å². The van der Waals surface area contributed by atoms with Gasteiger partial charge in [-0.2, -0.15) is 0 Å². The van der Waals surface area contributed by atoms with Crippen molar-refractivity contribution < 1.29 is 0 Å². The highest BCUT2D eigenvalue weighted by molar-refractivity contribution is 7.07. The molecule has 0 saturated carbocycles. The number of thiazole rings is 1. The van der Waals surface area contributed by atoms with Crippen LogP contribution in [-0.2, 0) is 19.6 Å². The second-order valence-corrected chi connectivity index (χ2v) is 6.38. The lowest BCUT2D eigenvalue weighted by molar-refractivity contribution is 0.0699. The van der Waals surface area contributed by atoms with Gasteiger partial charge in [-0.3, -0.25) is 9.80 Å². The molecule has 1 atom stereocenters. The van der Waals surface area contributed by atoms with Gasteiger partial charge in [0, 0.05) is 56.5 Å². The third-order valence-corrected chi connectivity index (χ3v) is 4.84. The first kappa shape index (κ1) is 14.7. The molecule has 1 unspecified atom stereocenters. The van der Waals surface area contributed by atoms with Gasteiger partial charge < -0.3 is 4.57 Å². The zero-order chi connectivity index (χ0) is 14.7. The van der Waals surface area contributed by atoms with E-state index in [0.29, 0.717) is 6.04 Å². The number of hydrogen-bond acceptors (Lipinski definition) is 5. The molecule has 1 fully saturated rings. The van der Waals surface area contributed by atoms with E-state index in [9.17, 15) is 0 Å². The Balaban J connectivity index is 1.56. The minimum atomic E-state index is 0.555. The molecule has 1 saturated heterocycles. The summed E-state index contributed by atoms with van der Waals surface area (Å²) in [5.74, 6) is 1.18. The van der Waals surface area contributed by atoms with E-state index in [4.69, 9.17) is 0 Å². The second-order valence-electron chi connectivity index (χ2n) is 5.66. The summed E-state index contributed by atoms with van der Waals surface area (Å²) < 4.78 is 2.23. The Morgan fingerprint density at radius 2 is 2.19 bits per heavy atom. The van der Waals surface area contributed by atoms with E-state index in [1.165, 1.54) is 11.5 Å². The number of rotatable bonds is 5. The van der Waals surface area contributed by atoms with Crippen LogP contribution < -0.4 is 0 Å². The molecule has 2 aromatic heterocycles. The van der Waals surface area contributed by atoms with Gasteiger partial charge in [0.1, 0.15) is 5.82 Å². The molecule has 0 bridgehead atoms. The first-order chi connectivity index (χ1) is 10.3. The predicted molar refractivity (Wildman–Crippen MR) is 85.2 cm³/mol. The van der Waals surface area contributed by atoms with Gasteiger partial charge in [0.15, 0.2) is 0 Å².